The van der Waals surface area contributed by atoms with Crippen LogP contribution in [0.3, 0.4) is 0 Å². The molecule has 0 radical (unpaired) electrons. The molecule has 0 spiro atoms. The minimum atomic E-state index is -1.09. The van der Waals surface area contributed by atoms with Crippen molar-refractivity contribution >= 4 is 33.1 Å². The summed E-state index contributed by atoms with van der Waals surface area (Å²) in [5, 5.41) is 0. The number of esters is 2. The van der Waals surface area contributed by atoms with Crippen molar-refractivity contribution in [3.63, 3.8) is 0 Å². The Morgan fingerprint density at radius 2 is 1.54 bits per heavy atom. The van der Waals surface area contributed by atoms with Crippen molar-refractivity contribution in [2.24, 2.45) is 0 Å². The molecule has 2 aromatic carbocycles. The lowest BCUT2D eigenvalue weighted by Gasteiger charge is -2.26. The summed E-state index contributed by atoms with van der Waals surface area (Å²) in [5.41, 5.74) is 2.78. The van der Waals surface area contributed by atoms with E-state index in [1.807, 2.05) is 19.9 Å². The van der Waals surface area contributed by atoms with Crippen LogP contribution in [-0.4, -0.2) is 36.8 Å². The molecule has 0 N–H and O–H groups in total. The number of rotatable bonds is 2. The number of fused-ring (bicyclic) bond motifs is 2. The van der Waals surface area contributed by atoms with Crippen LogP contribution < -0.4 is 0 Å². The quantitative estimate of drug-likeness (QED) is 0.394. The second kappa shape index (κ2) is 6.88. The van der Waals surface area contributed by atoms with Gasteiger partial charge in [0.15, 0.2) is 10.6 Å². The van der Waals surface area contributed by atoms with Gasteiger partial charge < -0.3 is 9.47 Å². The van der Waals surface area contributed by atoms with Crippen LogP contribution in [0.25, 0.3) is 0 Å². The van der Waals surface area contributed by atoms with Gasteiger partial charge in [-0.05, 0) is 37.6 Å². The highest BCUT2D eigenvalue weighted by Crippen LogP contribution is 2.48. The summed E-state index contributed by atoms with van der Waals surface area (Å²) in [4.78, 5) is 39.1. The third-order valence-electron chi connectivity index (χ3n) is 4.17. The third-order valence-corrected chi connectivity index (χ3v) is 6.65. The molecule has 0 fully saturated rings. The van der Waals surface area contributed by atoms with Gasteiger partial charge in [0.25, 0.3) is 0 Å². The van der Waals surface area contributed by atoms with Gasteiger partial charge in [-0.15, -0.1) is 0 Å². The van der Waals surface area contributed by atoms with Crippen LogP contribution in [0.1, 0.15) is 27.0 Å². The van der Waals surface area contributed by atoms with E-state index in [1.165, 1.54) is 14.2 Å². The van der Waals surface area contributed by atoms with Crippen LogP contribution in [0, 0.1) is 13.8 Å². The molecule has 1 heterocycles. The Morgan fingerprint density at radius 1 is 0.923 bits per heavy atom. The van der Waals surface area contributed by atoms with Gasteiger partial charge in [-0.25, -0.2) is 9.59 Å². The summed E-state index contributed by atoms with van der Waals surface area (Å²) < 4.78 is 9.71. The van der Waals surface area contributed by atoms with Crippen LogP contribution in [-0.2, 0) is 19.1 Å². The molecule has 5 nitrogen and oxygen atoms in total. The maximum Gasteiger partial charge on any atom is 0.351 e. The maximum absolute atomic E-state index is 13.0. The van der Waals surface area contributed by atoms with Crippen LogP contribution in [0.4, 0.5) is 0 Å². The topological polar surface area (TPSA) is 69.7 Å². The smallest absolute Gasteiger partial charge is 0.351 e. The van der Waals surface area contributed by atoms with Gasteiger partial charge in [-0.1, -0.05) is 34.2 Å². The minimum Gasteiger partial charge on any atom is -0.465 e. The van der Waals surface area contributed by atoms with Crippen molar-refractivity contribution in [2.45, 2.75) is 23.6 Å². The lowest BCUT2D eigenvalue weighted by atomic mass is 9.98. The van der Waals surface area contributed by atoms with Crippen LogP contribution in [0.15, 0.2) is 46.2 Å². The molecule has 0 bridgehead atoms. The fourth-order valence-corrected chi connectivity index (χ4v) is 5.62. The van der Waals surface area contributed by atoms with Gasteiger partial charge in [0.1, 0.15) is 0 Å². The van der Waals surface area contributed by atoms with E-state index in [0.29, 0.717) is 20.9 Å². The predicted molar refractivity (Wildman–Crippen MR) is 99.0 cm³/mol. The first-order chi connectivity index (χ1) is 12.4. The Balaban J connectivity index is 2.52. The first-order valence-corrected chi connectivity index (χ1v) is 9.16. The molecule has 0 saturated carbocycles. The zero-order valence-electron chi connectivity index (χ0n) is 14.9. The lowest BCUT2D eigenvalue weighted by molar-refractivity contribution is -0.137. The number of ether oxygens (including phenoxy) is 2. The number of ketones is 1. The Labute approximate surface area is 153 Å². The molecule has 134 valence electrons. The Morgan fingerprint density at radius 3 is 2.15 bits per heavy atom. The minimum absolute atomic E-state index is 0.108. The number of hydrogen-bond acceptors (Lipinski definition) is 5. The highest BCUT2D eigenvalue weighted by Gasteiger charge is 2.34. The van der Waals surface area contributed by atoms with Crippen LogP contribution in [0.5, 0.6) is 0 Å². The second-order valence-corrected chi connectivity index (χ2v) is 7.77. The first-order valence-electron chi connectivity index (χ1n) is 7.93. The fourth-order valence-electron chi connectivity index (χ4n) is 3.13. The van der Waals surface area contributed by atoms with E-state index in [4.69, 9.17) is 9.47 Å². The van der Waals surface area contributed by atoms with E-state index in [1.54, 1.807) is 30.3 Å². The van der Waals surface area contributed by atoms with Crippen molar-refractivity contribution < 1.29 is 23.9 Å². The standard InChI is InChI=1S/C20H18O5S/c1-11-9-12(2)17-14(10-11)16(21)13-7-5-6-8-15(13)26(17)18(19(22)24-3)20(23)25-4/h5-10H,1-4H3. The van der Waals surface area contributed by atoms with Gasteiger partial charge in [0, 0.05) is 20.9 Å². The molecule has 26 heavy (non-hydrogen) atoms. The molecule has 1 aliphatic heterocycles. The van der Waals surface area contributed by atoms with Crippen molar-refractivity contribution in [3.8, 4) is 0 Å². The average molecular weight is 370 g/mol. The largest absolute Gasteiger partial charge is 0.465 e. The molecule has 0 saturated heterocycles. The number of carbonyl (C=O) groups is 3. The van der Waals surface area contributed by atoms with E-state index in [0.717, 1.165) is 11.1 Å². The summed E-state index contributed by atoms with van der Waals surface area (Å²) in [6.07, 6.45) is 0. The molecule has 3 rings (SSSR count). The normalized spacial score (nSPS) is 14.9. The molecular weight excluding hydrogens is 352 g/mol. The molecule has 1 atom stereocenters. The van der Waals surface area contributed by atoms with Crippen LogP contribution >= 0.6 is 10.5 Å². The molecule has 6 heteroatoms. The summed E-state index contributed by atoms with van der Waals surface area (Å²) in [6, 6.07) is 10.8. The van der Waals surface area contributed by atoms with E-state index in [9.17, 15) is 14.4 Å². The van der Waals surface area contributed by atoms with Gasteiger partial charge in [-0.2, -0.15) is 0 Å². The summed E-state index contributed by atoms with van der Waals surface area (Å²) in [6.45, 7) is 3.78. The molecule has 1 unspecified atom stereocenters. The Hall–Kier alpha value is -2.73. The molecule has 0 aromatic heterocycles. The maximum atomic E-state index is 13.0. The SMILES string of the molecule is COC(=O)C(C(=O)OC)=S1c2ccccc2C(=O)c2cc(C)cc(C)c21. The zero-order valence-corrected chi connectivity index (χ0v) is 15.7. The Kier molecular flexibility index (Phi) is 4.78. The average Bonchev–Trinajstić information content (AvgIpc) is 2.64. The monoisotopic (exact) mass is 370 g/mol. The molecular formula is C20H18O5S. The number of benzene rings is 2. The van der Waals surface area contributed by atoms with Gasteiger partial charge >= 0.3 is 11.9 Å². The zero-order chi connectivity index (χ0) is 19.0. The van der Waals surface area contributed by atoms with Crippen molar-refractivity contribution in [2.75, 3.05) is 14.2 Å². The first kappa shape index (κ1) is 18.1. The predicted octanol–water partition coefficient (Wildman–Crippen LogP) is 3.05. The molecule has 2 aromatic rings. The summed E-state index contributed by atoms with van der Waals surface area (Å²) in [7, 11) is 1.36. The number of carbonyl (C=O) groups excluding carboxylic acids is 3. The highest BCUT2D eigenvalue weighted by atomic mass is 32.2. The Bertz CT molecular complexity index is 970. The highest BCUT2D eigenvalue weighted by molar-refractivity contribution is 8.18. The van der Waals surface area contributed by atoms with Crippen molar-refractivity contribution in [3.05, 3.63) is 58.7 Å². The fraction of sp³-hybridized carbons (Fsp3) is 0.200. The van der Waals surface area contributed by atoms with E-state index < -0.39 is 22.4 Å². The number of hydrogen-bond donors (Lipinski definition) is 0. The molecule has 0 amide bonds. The summed E-state index contributed by atoms with van der Waals surface area (Å²) in [5.74, 6) is -1.62. The van der Waals surface area contributed by atoms with Gasteiger partial charge in [0.05, 0.1) is 14.2 Å². The third kappa shape index (κ3) is 2.76. The van der Waals surface area contributed by atoms with Crippen LogP contribution in [0.2, 0.25) is 0 Å². The van der Waals surface area contributed by atoms with Crippen molar-refractivity contribution in [1.82, 2.24) is 0 Å². The van der Waals surface area contributed by atoms with Gasteiger partial charge in [0.2, 0.25) is 0 Å². The van der Waals surface area contributed by atoms with E-state index >= 15 is 0 Å². The van der Waals surface area contributed by atoms with E-state index in [-0.39, 0.29) is 10.6 Å². The molecule has 0 aliphatic carbocycles. The van der Waals surface area contributed by atoms with E-state index in [2.05, 4.69) is 0 Å². The van der Waals surface area contributed by atoms with Crippen molar-refractivity contribution in [1.29, 1.82) is 0 Å². The molecule has 1 aliphatic rings. The summed E-state index contributed by atoms with van der Waals surface area (Å²) >= 11 is 0. The lowest BCUT2D eigenvalue weighted by Crippen LogP contribution is -2.28. The number of methoxy groups -OCH3 is 2. The second-order valence-electron chi connectivity index (χ2n) is 5.90. The van der Waals surface area contributed by atoms with Gasteiger partial charge in [-0.3, -0.25) is 4.79 Å². The number of aryl methyl sites for hydroxylation is 2.